The average Bonchev–Trinajstić information content (AvgIpc) is 3.42. The number of nitrogens with one attached hydrogen (secondary N) is 1. The van der Waals surface area contributed by atoms with Gasteiger partial charge in [0.15, 0.2) is 0 Å². The summed E-state index contributed by atoms with van der Waals surface area (Å²) in [5.41, 5.74) is 5.42. The molecule has 1 aromatic heterocycles. The number of benzene rings is 2. The summed E-state index contributed by atoms with van der Waals surface area (Å²) in [7, 11) is 0. The molecule has 2 amide bonds. The highest BCUT2D eigenvalue weighted by Gasteiger charge is 2.28. The van der Waals surface area contributed by atoms with Gasteiger partial charge in [-0.25, -0.2) is 0 Å². The largest absolute Gasteiger partial charge is 0.361 e. The van der Waals surface area contributed by atoms with E-state index in [2.05, 4.69) is 36.0 Å². The standard InChI is InChI=1S/C25H25N3O2/c1-2-24(29)28-15-19-8-7-18(13-20(19)16-28)25(30)27-11-9-17(10-12-27)22-14-26-23-6-4-3-5-21(22)23/h2-8,13-14,17,26H,1,9-12,15-16H2. The summed E-state index contributed by atoms with van der Waals surface area (Å²) < 4.78 is 0. The molecule has 1 fully saturated rings. The summed E-state index contributed by atoms with van der Waals surface area (Å²) in [5, 5.41) is 1.29. The molecule has 30 heavy (non-hydrogen) atoms. The Labute approximate surface area is 176 Å². The molecule has 5 nitrogen and oxygen atoms in total. The molecule has 0 radical (unpaired) electrons. The quantitative estimate of drug-likeness (QED) is 0.671. The topological polar surface area (TPSA) is 56.4 Å². The monoisotopic (exact) mass is 399 g/mol. The summed E-state index contributed by atoms with van der Waals surface area (Å²) in [5.74, 6) is 0.491. The number of fused-ring (bicyclic) bond motifs is 2. The van der Waals surface area contributed by atoms with Gasteiger partial charge in [-0.1, -0.05) is 30.8 Å². The zero-order valence-corrected chi connectivity index (χ0v) is 16.9. The number of para-hydroxylation sites is 1. The van der Waals surface area contributed by atoms with Crippen molar-refractivity contribution in [1.82, 2.24) is 14.8 Å². The van der Waals surface area contributed by atoms with Gasteiger partial charge in [-0.05, 0) is 59.7 Å². The van der Waals surface area contributed by atoms with Crippen molar-refractivity contribution in [2.75, 3.05) is 13.1 Å². The summed E-state index contributed by atoms with van der Waals surface area (Å²) in [6, 6.07) is 14.2. The van der Waals surface area contributed by atoms with E-state index in [9.17, 15) is 9.59 Å². The molecule has 0 atom stereocenters. The molecule has 5 heteroatoms. The van der Waals surface area contributed by atoms with Crippen LogP contribution in [0.15, 0.2) is 61.3 Å². The van der Waals surface area contributed by atoms with E-state index in [0.29, 0.717) is 24.6 Å². The molecule has 0 aliphatic carbocycles. The summed E-state index contributed by atoms with van der Waals surface area (Å²) in [6.07, 6.45) is 5.42. The number of likely N-dealkylation sites (tertiary alicyclic amines) is 1. The van der Waals surface area contributed by atoms with E-state index in [0.717, 1.165) is 37.1 Å². The summed E-state index contributed by atoms with van der Waals surface area (Å²) in [6.45, 7) is 6.23. The van der Waals surface area contributed by atoms with Gasteiger partial charge < -0.3 is 14.8 Å². The first-order chi connectivity index (χ1) is 14.6. The average molecular weight is 399 g/mol. The Balaban J connectivity index is 1.27. The Kier molecular flexibility index (Phi) is 4.66. The molecule has 152 valence electrons. The first kappa shape index (κ1) is 18.7. The maximum atomic E-state index is 13.1. The summed E-state index contributed by atoms with van der Waals surface area (Å²) >= 11 is 0. The van der Waals surface area contributed by atoms with Gasteiger partial charge in [0, 0.05) is 48.8 Å². The molecule has 0 spiro atoms. The van der Waals surface area contributed by atoms with Gasteiger partial charge in [-0.15, -0.1) is 0 Å². The van der Waals surface area contributed by atoms with Crippen LogP contribution in [-0.2, 0) is 17.9 Å². The fourth-order valence-corrected chi connectivity index (χ4v) is 4.82. The predicted molar refractivity (Wildman–Crippen MR) is 117 cm³/mol. The molecule has 5 rings (SSSR count). The van der Waals surface area contributed by atoms with Gasteiger partial charge >= 0.3 is 0 Å². The van der Waals surface area contributed by atoms with Crippen LogP contribution in [0.5, 0.6) is 0 Å². The van der Waals surface area contributed by atoms with Gasteiger partial charge in [-0.2, -0.15) is 0 Å². The van der Waals surface area contributed by atoms with E-state index in [1.807, 2.05) is 29.2 Å². The Morgan fingerprint density at radius 2 is 1.77 bits per heavy atom. The highest BCUT2D eigenvalue weighted by atomic mass is 16.2. The van der Waals surface area contributed by atoms with E-state index in [1.54, 1.807) is 4.90 Å². The van der Waals surface area contributed by atoms with Gasteiger partial charge in [0.2, 0.25) is 5.91 Å². The van der Waals surface area contributed by atoms with Crippen molar-refractivity contribution in [2.45, 2.75) is 31.8 Å². The van der Waals surface area contributed by atoms with Crippen LogP contribution in [0.1, 0.15) is 45.8 Å². The highest BCUT2D eigenvalue weighted by Crippen LogP contribution is 2.33. The molecular weight excluding hydrogens is 374 g/mol. The van der Waals surface area contributed by atoms with Crippen molar-refractivity contribution in [2.24, 2.45) is 0 Å². The number of piperidine rings is 1. The van der Waals surface area contributed by atoms with Crippen LogP contribution >= 0.6 is 0 Å². The number of aromatic nitrogens is 1. The number of nitrogens with zero attached hydrogens (tertiary/aromatic N) is 2. The molecule has 3 aromatic rings. The van der Waals surface area contributed by atoms with Gasteiger partial charge in [-0.3, -0.25) is 9.59 Å². The Morgan fingerprint density at radius 3 is 2.57 bits per heavy atom. The number of amides is 2. The third kappa shape index (κ3) is 3.20. The van der Waals surface area contributed by atoms with Crippen molar-refractivity contribution in [1.29, 1.82) is 0 Å². The lowest BCUT2D eigenvalue weighted by Crippen LogP contribution is -2.37. The molecule has 3 heterocycles. The first-order valence-electron chi connectivity index (χ1n) is 10.5. The van der Waals surface area contributed by atoms with Crippen LogP contribution in [0, 0.1) is 0 Å². The molecule has 0 bridgehead atoms. The zero-order chi connectivity index (χ0) is 20.7. The van der Waals surface area contributed by atoms with Crippen LogP contribution in [0.25, 0.3) is 10.9 Å². The molecule has 0 unspecified atom stereocenters. The Hall–Kier alpha value is -3.34. The van der Waals surface area contributed by atoms with E-state index >= 15 is 0 Å². The van der Waals surface area contributed by atoms with Gasteiger partial charge in [0.25, 0.3) is 5.91 Å². The molecule has 2 aromatic carbocycles. The third-order valence-corrected chi connectivity index (χ3v) is 6.51. The molecule has 0 saturated carbocycles. The minimum atomic E-state index is -0.0709. The highest BCUT2D eigenvalue weighted by molar-refractivity contribution is 5.95. The van der Waals surface area contributed by atoms with Gasteiger partial charge in [0.1, 0.15) is 0 Å². The van der Waals surface area contributed by atoms with Crippen molar-refractivity contribution >= 4 is 22.7 Å². The van der Waals surface area contributed by atoms with E-state index < -0.39 is 0 Å². The van der Waals surface area contributed by atoms with Crippen LogP contribution in [-0.4, -0.2) is 39.7 Å². The number of hydrogen-bond donors (Lipinski definition) is 1. The minimum Gasteiger partial charge on any atom is -0.361 e. The van der Waals surface area contributed by atoms with Crippen molar-refractivity contribution in [3.8, 4) is 0 Å². The lowest BCUT2D eigenvalue weighted by atomic mass is 9.89. The first-order valence-corrected chi connectivity index (χ1v) is 10.5. The number of hydrogen-bond acceptors (Lipinski definition) is 2. The van der Waals surface area contributed by atoms with E-state index in [1.165, 1.54) is 22.5 Å². The number of rotatable bonds is 3. The normalized spacial score (nSPS) is 16.7. The maximum absolute atomic E-state index is 13.1. The predicted octanol–water partition coefficient (Wildman–Crippen LogP) is 4.22. The zero-order valence-electron chi connectivity index (χ0n) is 16.9. The number of H-pyrrole nitrogens is 1. The molecule has 1 N–H and O–H groups in total. The third-order valence-electron chi connectivity index (χ3n) is 6.51. The van der Waals surface area contributed by atoms with Crippen molar-refractivity contribution in [3.63, 3.8) is 0 Å². The van der Waals surface area contributed by atoms with E-state index in [4.69, 9.17) is 0 Å². The van der Waals surface area contributed by atoms with Gasteiger partial charge in [0.05, 0.1) is 0 Å². The lowest BCUT2D eigenvalue weighted by molar-refractivity contribution is -0.126. The molecule has 2 aliphatic heterocycles. The van der Waals surface area contributed by atoms with Crippen LogP contribution < -0.4 is 0 Å². The van der Waals surface area contributed by atoms with Crippen molar-refractivity contribution in [3.05, 3.63) is 83.6 Å². The fraction of sp³-hybridized carbons (Fsp3) is 0.280. The maximum Gasteiger partial charge on any atom is 0.253 e. The number of carbonyl (C=O) groups is 2. The molecular formula is C25H25N3O2. The van der Waals surface area contributed by atoms with Crippen LogP contribution in [0.3, 0.4) is 0 Å². The smallest absolute Gasteiger partial charge is 0.253 e. The second-order valence-electron chi connectivity index (χ2n) is 8.24. The molecule has 2 aliphatic rings. The van der Waals surface area contributed by atoms with Crippen LogP contribution in [0.4, 0.5) is 0 Å². The van der Waals surface area contributed by atoms with E-state index in [-0.39, 0.29) is 11.8 Å². The SMILES string of the molecule is C=CC(=O)N1Cc2ccc(C(=O)N3CCC(c4c[nH]c5ccccc45)CC3)cc2C1. The summed E-state index contributed by atoms with van der Waals surface area (Å²) in [4.78, 5) is 32.1. The second-order valence-corrected chi connectivity index (χ2v) is 8.24. The molecule has 1 saturated heterocycles. The lowest BCUT2D eigenvalue weighted by Gasteiger charge is -2.32. The van der Waals surface area contributed by atoms with Crippen LogP contribution in [0.2, 0.25) is 0 Å². The number of carbonyl (C=O) groups excluding carboxylic acids is 2. The number of aromatic amines is 1. The van der Waals surface area contributed by atoms with Crippen molar-refractivity contribution < 1.29 is 9.59 Å². The Morgan fingerprint density at radius 1 is 1.00 bits per heavy atom. The fourth-order valence-electron chi connectivity index (χ4n) is 4.82. The minimum absolute atomic E-state index is 0.0709. The Bertz CT molecular complexity index is 1140. The second kappa shape index (κ2) is 7.48.